The number of amides is 2. The topological polar surface area (TPSA) is 98.9 Å². The van der Waals surface area contributed by atoms with Crippen LogP contribution < -0.4 is 21.5 Å². The molecule has 1 aromatic heterocycles. The van der Waals surface area contributed by atoms with Crippen LogP contribution in [0.4, 0.5) is 16.3 Å². The Kier molecular flexibility index (Phi) is 5.71. The molecule has 27 heavy (non-hydrogen) atoms. The summed E-state index contributed by atoms with van der Waals surface area (Å²) in [5, 5.41) is 16.8. The average Bonchev–Trinajstić information content (AvgIpc) is 2.67. The standard InChI is InChI=1S/C20H23N5O2/c1-13-7-5-10-17(14(13)2)23-20(27)22-12-6-11-21-18-15-8-3-4-9-16(15)19(26)25-24-18/h3-5,7-10H,6,11-12H2,1-2H3,(H,21,24)(H,25,26)(H2,22,23,27). The molecule has 3 aromatic rings. The van der Waals surface area contributed by atoms with E-state index in [4.69, 9.17) is 0 Å². The molecular formula is C20H23N5O2. The first-order valence-electron chi connectivity index (χ1n) is 8.88. The maximum absolute atomic E-state index is 12.0. The van der Waals surface area contributed by atoms with Crippen molar-refractivity contribution in [1.29, 1.82) is 0 Å². The Bertz CT molecular complexity index is 1010. The van der Waals surface area contributed by atoms with Gasteiger partial charge in [-0.2, -0.15) is 5.10 Å². The third-order valence-corrected chi connectivity index (χ3v) is 4.48. The lowest BCUT2D eigenvalue weighted by Crippen LogP contribution is -2.30. The molecule has 0 saturated carbocycles. The number of carbonyl (C=O) groups is 1. The number of H-pyrrole nitrogens is 1. The number of aryl methyl sites for hydroxylation is 1. The molecule has 4 N–H and O–H groups in total. The van der Waals surface area contributed by atoms with Crippen LogP contribution in [0.25, 0.3) is 10.8 Å². The number of fused-ring (bicyclic) bond motifs is 1. The molecule has 0 saturated heterocycles. The Labute approximate surface area is 157 Å². The Hall–Kier alpha value is -3.35. The molecule has 0 atom stereocenters. The van der Waals surface area contributed by atoms with Crippen LogP contribution in [0.5, 0.6) is 0 Å². The van der Waals surface area contributed by atoms with Crippen molar-refractivity contribution in [3.05, 3.63) is 63.9 Å². The summed E-state index contributed by atoms with van der Waals surface area (Å²) in [6, 6.07) is 12.9. The predicted molar refractivity (Wildman–Crippen MR) is 108 cm³/mol. The van der Waals surface area contributed by atoms with Gasteiger partial charge < -0.3 is 16.0 Å². The van der Waals surface area contributed by atoms with Crippen LogP contribution >= 0.6 is 0 Å². The van der Waals surface area contributed by atoms with Crippen molar-refractivity contribution in [1.82, 2.24) is 15.5 Å². The molecule has 7 heteroatoms. The summed E-state index contributed by atoms with van der Waals surface area (Å²) >= 11 is 0. The largest absolute Gasteiger partial charge is 0.368 e. The normalized spacial score (nSPS) is 10.6. The van der Waals surface area contributed by atoms with Gasteiger partial charge in [0.2, 0.25) is 0 Å². The number of hydrogen-bond donors (Lipinski definition) is 4. The van der Waals surface area contributed by atoms with Crippen molar-refractivity contribution >= 4 is 28.3 Å². The lowest BCUT2D eigenvalue weighted by atomic mass is 10.1. The monoisotopic (exact) mass is 365 g/mol. The van der Waals surface area contributed by atoms with E-state index in [1.165, 1.54) is 0 Å². The summed E-state index contributed by atoms with van der Waals surface area (Å²) in [6.45, 7) is 5.13. The zero-order chi connectivity index (χ0) is 19.2. The van der Waals surface area contributed by atoms with Gasteiger partial charge in [-0.3, -0.25) is 4.79 Å². The number of anilines is 2. The van der Waals surface area contributed by atoms with Crippen molar-refractivity contribution in [3.8, 4) is 0 Å². The van der Waals surface area contributed by atoms with E-state index in [9.17, 15) is 9.59 Å². The summed E-state index contributed by atoms with van der Waals surface area (Å²) in [4.78, 5) is 23.8. The molecule has 0 aliphatic carbocycles. The van der Waals surface area contributed by atoms with E-state index in [1.54, 1.807) is 6.07 Å². The molecule has 7 nitrogen and oxygen atoms in total. The van der Waals surface area contributed by atoms with Crippen molar-refractivity contribution in [3.63, 3.8) is 0 Å². The quantitative estimate of drug-likeness (QED) is 0.504. The first-order chi connectivity index (χ1) is 13.1. The van der Waals surface area contributed by atoms with E-state index in [1.807, 2.05) is 50.2 Å². The number of aromatic amines is 1. The molecule has 0 radical (unpaired) electrons. The summed E-state index contributed by atoms with van der Waals surface area (Å²) in [7, 11) is 0. The minimum atomic E-state index is -0.226. The zero-order valence-electron chi connectivity index (χ0n) is 15.4. The number of rotatable bonds is 6. The molecular weight excluding hydrogens is 342 g/mol. The second-order valence-corrected chi connectivity index (χ2v) is 6.36. The van der Waals surface area contributed by atoms with Gasteiger partial charge in [-0.15, -0.1) is 0 Å². The number of nitrogens with one attached hydrogen (secondary N) is 4. The van der Waals surface area contributed by atoms with E-state index in [0.29, 0.717) is 24.3 Å². The first-order valence-corrected chi connectivity index (χ1v) is 8.88. The van der Waals surface area contributed by atoms with Crippen LogP contribution in [0, 0.1) is 13.8 Å². The van der Waals surface area contributed by atoms with E-state index in [-0.39, 0.29) is 11.6 Å². The molecule has 2 amide bonds. The summed E-state index contributed by atoms with van der Waals surface area (Å²) in [6.07, 6.45) is 0.718. The first kappa shape index (κ1) is 18.4. The molecule has 3 rings (SSSR count). The van der Waals surface area contributed by atoms with Crippen LogP contribution in [-0.4, -0.2) is 29.3 Å². The molecule has 0 unspecified atom stereocenters. The molecule has 0 aliphatic rings. The Morgan fingerprint density at radius 2 is 1.81 bits per heavy atom. The molecule has 1 heterocycles. The highest BCUT2D eigenvalue weighted by atomic mass is 16.2. The van der Waals surface area contributed by atoms with E-state index < -0.39 is 0 Å². The third-order valence-electron chi connectivity index (χ3n) is 4.48. The Morgan fingerprint density at radius 3 is 2.63 bits per heavy atom. The zero-order valence-corrected chi connectivity index (χ0v) is 15.4. The fraction of sp³-hybridized carbons (Fsp3) is 0.250. The smallest absolute Gasteiger partial charge is 0.319 e. The van der Waals surface area contributed by atoms with Gasteiger partial charge in [0.1, 0.15) is 0 Å². The van der Waals surface area contributed by atoms with Gasteiger partial charge in [0.05, 0.1) is 5.39 Å². The van der Waals surface area contributed by atoms with E-state index in [0.717, 1.165) is 28.6 Å². The Balaban J connectivity index is 1.47. The second-order valence-electron chi connectivity index (χ2n) is 6.36. The number of nitrogens with zero attached hydrogens (tertiary/aromatic N) is 1. The lowest BCUT2D eigenvalue weighted by molar-refractivity contribution is 0.252. The van der Waals surface area contributed by atoms with Gasteiger partial charge in [-0.1, -0.05) is 30.3 Å². The van der Waals surface area contributed by atoms with Crippen molar-refractivity contribution in [2.45, 2.75) is 20.3 Å². The van der Waals surface area contributed by atoms with Gasteiger partial charge in [-0.05, 0) is 43.5 Å². The number of carbonyl (C=O) groups excluding carboxylic acids is 1. The van der Waals surface area contributed by atoms with Crippen molar-refractivity contribution in [2.24, 2.45) is 0 Å². The maximum Gasteiger partial charge on any atom is 0.319 e. The molecule has 140 valence electrons. The van der Waals surface area contributed by atoms with Gasteiger partial charge in [0.15, 0.2) is 5.82 Å². The fourth-order valence-electron chi connectivity index (χ4n) is 2.80. The third kappa shape index (κ3) is 4.44. The minimum Gasteiger partial charge on any atom is -0.368 e. The number of urea groups is 1. The van der Waals surface area contributed by atoms with Crippen LogP contribution in [-0.2, 0) is 0 Å². The van der Waals surface area contributed by atoms with Crippen LogP contribution in [0.15, 0.2) is 47.3 Å². The highest BCUT2D eigenvalue weighted by Crippen LogP contribution is 2.18. The van der Waals surface area contributed by atoms with Crippen LogP contribution in [0.2, 0.25) is 0 Å². The highest BCUT2D eigenvalue weighted by Gasteiger charge is 2.06. The molecule has 0 fully saturated rings. The van der Waals surface area contributed by atoms with Gasteiger partial charge in [0.25, 0.3) is 5.56 Å². The molecule has 0 aliphatic heterocycles. The Morgan fingerprint density at radius 1 is 1.04 bits per heavy atom. The summed E-state index contributed by atoms with van der Waals surface area (Å²) in [5.41, 5.74) is 2.80. The number of hydrogen-bond acceptors (Lipinski definition) is 4. The maximum atomic E-state index is 12.0. The lowest BCUT2D eigenvalue weighted by Gasteiger charge is -2.12. The minimum absolute atomic E-state index is 0.207. The average molecular weight is 365 g/mol. The number of benzene rings is 2. The van der Waals surface area contributed by atoms with Crippen LogP contribution in [0.1, 0.15) is 17.5 Å². The molecule has 2 aromatic carbocycles. The highest BCUT2D eigenvalue weighted by molar-refractivity contribution is 5.91. The van der Waals surface area contributed by atoms with E-state index >= 15 is 0 Å². The summed E-state index contributed by atoms with van der Waals surface area (Å²) in [5.74, 6) is 0.630. The van der Waals surface area contributed by atoms with Gasteiger partial charge in [0, 0.05) is 24.2 Å². The van der Waals surface area contributed by atoms with Crippen LogP contribution in [0.3, 0.4) is 0 Å². The van der Waals surface area contributed by atoms with Crippen molar-refractivity contribution in [2.75, 3.05) is 23.7 Å². The van der Waals surface area contributed by atoms with Gasteiger partial charge >= 0.3 is 6.03 Å². The van der Waals surface area contributed by atoms with Gasteiger partial charge in [-0.25, -0.2) is 9.89 Å². The molecule has 0 bridgehead atoms. The predicted octanol–water partition coefficient (Wildman–Crippen LogP) is 3.16. The van der Waals surface area contributed by atoms with E-state index in [2.05, 4.69) is 26.1 Å². The molecule has 0 spiro atoms. The second kappa shape index (κ2) is 8.35. The van der Waals surface area contributed by atoms with Crippen molar-refractivity contribution < 1.29 is 4.79 Å². The SMILES string of the molecule is Cc1cccc(NC(=O)NCCCNc2n[nH]c(=O)c3ccccc23)c1C. The number of aromatic nitrogens is 2. The summed E-state index contributed by atoms with van der Waals surface area (Å²) < 4.78 is 0. The fourth-order valence-corrected chi connectivity index (χ4v) is 2.80.